The Labute approximate surface area is 262 Å². The molecule has 9 nitrogen and oxygen atoms in total. The minimum absolute atomic E-state index is 0.0297. The third kappa shape index (κ3) is 5.37. The van der Waals surface area contributed by atoms with Gasteiger partial charge in [0.1, 0.15) is 18.2 Å². The number of aryl methyl sites for hydroxylation is 1. The van der Waals surface area contributed by atoms with Crippen molar-refractivity contribution in [2.75, 3.05) is 24.5 Å². The zero-order valence-electron chi connectivity index (χ0n) is 24.8. The molecule has 4 heterocycles. The predicted molar refractivity (Wildman–Crippen MR) is 165 cm³/mol. The van der Waals surface area contributed by atoms with Crippen LogP contribution in [0, 0.1) is 5.92 Å². The number of allylic oxidation sites excluding steroid dienone is 1. The maximum atomic E-state index is 16.2. The number of carbonyl (C=O) groups excluding carboxylic acids is 1. The van der Waals surface area contributed by atoms with Crippen LogP contribution >= 0.6 is 11.6 Å². The Balaban J connectivity index is 1.64. The summed E-state index contributed by atoms with van der Waals surface area (Å²) in [5, 5.41) is 10.0. The number of carbonyl (C=O) groups is 2. The molecule has 4 atom stereocenters. The van der Waals surface area contributed by atoms with Gasteiger partial charge >= 0.3 is 5.97 Å². The molecule has 0 radical (unpaired) electrons. The number of carboxylic acid groups (broad SMARTS) is 1. The van der Waals surface area contributed by atoms with Crippen LogP contribution in [0.4, 0.5) is 10.1 Å². The van der Waals surface area contributed by atoms with E-state index >= 15 is 4.39 Å². The van der Waals surface area contributed by atoms with Gasteiger partial charge in [-0.25, -0.2) is 17.5 Å². The molecule has 6 rings (SSSR count). The minimum atomic E-state index is -4.13. The second-order valence-electron chi connectivity index (χ2n) is 12.5. The molecule has 7 bridgehead atoms. The molecule has 2 aromatic rings. The highest BCUT2D eigenvalue weighted by Gasteiger charge is 2.52. The second kappa shape index (κ2) is 11.7. The molecule has 0 saturated carbocycles. The van der Waals surface area contributed by atoms with E-state index in [2.05, 4.69) is 9.62 Å². The number of hydrogen-bond donors (Lipinski definition) is 2. The average molecular weight is 646 g/mol. The lowest BCUT2D eigenvalue weighted by molar-refractivity contribution is -0.144. The van der Waals surface area contributed by atoms with Gasteiger partial charge in [0.15, 0.2) is 6.04 Å². The number of anilines is 1. The van der Waals surface area contributed by atoms with E-state index in [1.54, 1.807) is 30.0 Å². The number of hydrogen-bond acceptors (Lipinski definition) is 7. The normalized spacial score (nSPS) is 30.0. The second-order valence-corrected chi connectivity index (χ2v) is 15.0. The Morgan fingerprint density at radius 2 is 1.95 bits per heavy atom. The molecule has 1 amide bonds. The number of amides is 1. The van der Waals surface area contributed by atoms with Gasteiger partial charge in [-0.3, -0.25) is 14.5 Å². The van der Waals surface area contributed by atoms with Crippen molar-refractivity contribution in [2.24, 2.45) is 5.92 Å². The zero-order valence-corrected chi connectivity index (χ0v) is 26.4. The van der Waals surface area contributed by atoms with Crippen molar-refractivity contribution in [1.29, 1.82) is 0 Å². The van der Waals surface area contributed by atoms with Crippen molar-refractivity contribution >= 4 is 39.2 Å². The first-order valence-electron chi connectivity index (χ1n) is 15.2. The molecular weight excluding hydrogens is 609 g/mol. The number of nitrogens with one attached hydrogen (secondary N) is 1. The van der Waals surface area contributed by atoms with Crippen molar-refractivity contribution in [3.8, 4) is 5.75 Å². The number of ether oxygens (including phenoxy) is 1. The summed E-state index contributed by atoms with van der Waals surface area (Å²) in [4.78, 5) is 30.1. The molecule has 0 unspecified atom stereocenters. The smallest absolute Gasteiger partial charge is 0.328 e. The maximum Gasteiger partial charge on any atom is 0.328 e. The Hall–Kier alpha value is -3.15. The summed E-state index contributed by atoms with van der Waals surface area (Å²) >= 11 is 6.74. The Bertz CT molecular complexity index is 1650. The van der Waals surface area contributed by atoms with Gasteiger partial charge in [-0.15, -0.1) is 0 Å². The van der Waals surface area contributed by atoms with Gasteiger partial charge in [-0.2, -0.15) is 0 Å². The van der Waals surface area contributed by atoms with Gasteiger partial charge in [0.05, 0.1) is 16.5 Å². The highest BCUT2D eigenvalue weighted by Crippen LogP contribution is 2.48. The molecule has 44 heavy (non-hydrogen) atoms. The van der Waals surface area contributed by atoms with Crippen LogP contribution < -0.4 is 14.4 Å². The van der Waals surface area contributed by atoms with Crippen LogP contribution in [0.2, 0.25) is 5.02 Å². The fourth-order valence-corrected chi connectivity index (χ4v) is 8.83. The summed E-state index contributed by atoms with van der Waals surface area (Å²) in [6.07, 6.45) is 4.75. The van der Waals surface area contributed by atoms with E-state index in [9.17, 15) is 23.1 Å². The van der Waals surface area contributed by atoms with Crippen molar-refractivity contribution in [3.63, 3.8) is 0 Å². The average Bonchev–Trinajstić information content (AvgIpc) is 3.38. The molecular formula is C32H37ClFN3O6S. The van der Waals surface area contributed by atoms with E-state index in [-0.39, 0.29) is 18.6 Å². The van der Waals surface area contributed by atoms with Gasteiger partial charge in [0.2, 0.25) is 10.0 Å². The summed E-state index contributed by atoms with van der Waals surface area (Å²) in [6, 6.07) is 7.11. The molecule has 2 N–H and O–H groups in total. The Morgan fingerprint density at radius 3 is 2.73 bits per heavy atom. The molecule has 236 valence electrons. The summed E-state index contributed by atoms with van der Waals surface area (Å²) in [5.41, 5.74) is 2.59. The van der Waals surface area contributed by atoms with E-state index in [1.807, 2.05) is 12.1 Å². The maximum absolute atomic E-state index is 16.2. The summed E-state index contributed by atoms with van der Waals surface area (Å²) in [5.74, 6) is -3.01. The molecule has 4 aliphatic heterocycles. The lowest BCUT2D eigenvalue weighted by Crippen LogP contribution is -2.56. The first kappa shape index (κ1) is 30.9. The number of rotatable bonds is 1. The van der Waals surface area contributed by atoms with Gasteiger partial charge in [0.25, 0.3) is 5.91 Å². The highest BCUT2D eigenvalue weighted by atomic mass is 35.5. The van der Waals surface area contributed by atoms with Crippen molar-refractivity contribution < 1.29 is 32.2 Å². The van der Waals surface area contributed by atoms with Crippen molar-refractivity contribution in [1.82, 2.24) is 9.62 Å². The van der Waals surface area contributed by atoms with E-state index in [4.69, 9.17) is 16.3 Å². The Kier molecular flexibility index (Phi) is 8.17. The van der Waals surface area contributed by atoms with E-state index < -0.39 is 50.5 Å². The quantitative estimate of drug-likeness (QED) is 0.437. The molecule has 0 aliphatic carbocycles. The number of aliphatic carboxylic acids is 1. The van der Waals surface area contributed by atoms with Crippen LogP contribution in [0.3, 0.4) is 0 Å². The van der Waals surface area contributed by atoms with Gasteiger partial charge < -0.3 is 14.7 Å². The number of halogens is 2. The van der Waals surface area contributed by atoms with Crippen molar-refractivity contribution in [2.45, 2.75) is 75.8 Å². The molecule has 2 aromatic carbocycles. The first-order valence-corrected chi connectivity index (χ1v) is 17.1. The largest absolute Gasteiger partial charge is 0.487 e. The summed E-state index contributed by atoms with van der Waals surface area (Å²) in [7, 11) is -4.13. The first-order chi connectivity index (χ1) is 20.9. The number of sulfonamides is 1. The Morgan fingerprint density at radius 1 is 1.16 bits per heavy atom. The lowest BCUT2D eigenvalue weighted by Gasteiger charge is -2.46. The van der Waals surface area contributed by atoms with Crippen LogP contribution in [-0.2, 0) is 33.4 Å². The fraction of sp³-hybridized carbons (Fsp3) is 0.500. The van der Waals surface area contributed by atoms with E-state index in [1.165, 1.54) is 13.0 Å². The van der Waals surface area contributed by atoms with Crippen LogP contribution in [-0.4, -0.2) is 61.2 Å². The van der Waals surface area contributed by atoms with Crippen molar-refractivity contribution in [3.05, 3.63) is 69.5 Å². The lowest BCUT2D eigenvalue weighted by atomic mass is 9.80. The van der Waals surface area contributed by atoms with Crippen LogP contribution in [0.25, 0.3) is 0 Å². The third-order valence-electron chi connectivity index (χ3n) is 9.88. The van der Waals surface area contributed by atoms with Crippen LogP contribution in [0.15, 0.2) is 42.2 Å². The number of nitrogens with zero attached hydrogens (tertiary/aromatic N) is 2. The zero-order chi connectivity index (χ0) is 31.4. The van der Waals surface area contributed by atoms with Gasteiger partial charge in [-0.05, 0) is 98.4 Å². The SMILES string of the molecule is C[C@@H]1[C@@H](C)C/C=C(\F)[C@H](C(=O)O)N2CCC[C@@]23CN2CCCCc4cc(Cl)cc3c4COc3ccc(cc32)C(=O)NS1(=O)=O. The topological polar surface area (TPSA) is 116 Å². The highest BCUT2D eigenvalue weighted by molar-refractivity contribution is 7.90. The molecule has 0 aromatic heterocycles. The summed E-state index contributed by atoms with van der Waals surface area (Å²) in [6.45, 7) is 4.46. The molecule has 1 fully saturated rings. The molecule has 1 saturated heterocycles. The van der Waals surface area contributed by atoms with Crippen LogP contribution in [0.5, 0.6) is 5.75 Å². The van der Waals surface area contributed by atoms with Gasteiger partial charge in [-0.1, -0.05) is 24.6 Å². The molecule has 4 aliphatic rings. The van der Waals surface area contributed by atoms with E-state index in [0.717, 1.165) is 36.0 Å². The molecule has 12 heteroatoms. The van der Waals surface area contributed by atoms with E-state index in [0.29, 0.717) is 48.9 Å². The predicted octanol–water partition coefficient (Wildman–Crippen LogP) is 5.16. The minimum Gasteiger partial charge on any atom is -0.487 e. The standard InChI is InChI=1S/C32H37ClFN3O6S/c1-19-7-9-26(34)29(31(39)40)37-13-5-11-32(37)18-36-12-4-3-6-21-14-23(33)16-25(32)24(21)17-43-28-10-8-22(15-27(28)36)30(38)35-44(41,42)20(19)2/h8-10,14-16,19-20,29H,3-7,11-13,17-18H2,1-2H3,(H,35,38)(H,39,40)/b26-9-/t19-,20+,29+,32-/m0/s1. The van der Waals surface area contributed by atoms with Gasteiger partial charge in [0, 0.05) is 30.2 Å². The fourth-order valence-electron chi connectivity index (χ4n) is 7.31. The summed E-state index contributed by atoms with van der Waals surface area (Å²) < 4.78 is 51.3. The monoisotopic (exact) mass is 645 g/mol. The third-order valence-corrected chi connectivity index (χ3v) is 12.0. The van der Waals surface area contributed by atoms with Crippen LogP contribution in [0.1, 0.15) is 73.0 Å². The number of carboxylic acids is 1. The number of benzene rings is 2. The number of fused-ring (bicyclic) bond motifs is 1. The molecule has 1 spiro atoms.